The molecule has 0 aliphatic rings. The van der Waals surface area contributed by atoms with Gasteiger partial charge in [-0.25, -0.2) is 4.39 Å². The molecule has 1 aromatic rings. The predicted molar refractivity (Wildman–Crippen MR) is 35.1 cm³/mol. The molecule has 12 heavy (non-hydrogen) atoms. The van der Waals surface area contributed by atoms with E-state index in [1.807, 2.05) is 0 Å². The van der Waals surface area contributed by atoms with Crippen LogP contribution in [-0.2, 0) is 11.2 Å². The number of carbonyl (C=O) groups excluding carboxylic acids is 1. The van der Waals surface area contributed by atoms with E-state index < -0.39 is 5.97 Å². The molecular weight excluding hydrogens is 170 g/mol. The molecule has 0 atom stereocenters. The fraction of sp³-hybridized carbons (Fsp3) is 0.125. The first-order chi connectivity index (χ1) is 5.18. The monoisotopic (exact) mass is 176 g/mol. The van der Waals surface area contributed by atoms with E-state index in [-0.39, 0.29) is 41.8 Å². The first-order valence-corrected chi connectivity index (χ1v) is 3.13. The number of rotatable bonds is 2. The summed E-state index contributed by atoms with van der Waals surface area (Å²) >= 11 is 0. The van der Waals surface area contributed by atoms with Crippen molar-refractivity contribution in [1.29, 1.82) is 0 Å². The number of carbonyl (C=O) groups is 1. The Bertz CT molecular complexity index is 258. The maximum atomic E-state index is 12.3. The Kier molecular flexibility index (Phi) is 5.13. The number of aliphatic carboxylic acids is 1. The van der Waals surface area contributed by atoms with Gasteiger partial charge in [-0.2, -0.15) is 0 Å². The molecule has 0 saturated heterocycles. The Hall–Kier alpha value is -0.380. The second kappa shape index (κ2) is 5.30. The van der Waals surface area contributed by atoms with Crippen molar-refractivity contribution in [1.82, 2.24) is 0 Å². The molecule has 2 nitrogen and oxygen atoms in total. The SMILES string of the molecule is O=C([O-])Cc1ccc(F)cc1.[Na+]. The van der Waals surface area contributed by atoms with Gasteiger partial charge in [0.25, 0.3) is 0 Å². The van der Waals surface area contributed by atoms with Crippen LogP contribution in [0.25, 0.3) is 0 Å². The fourth-order valence-corrected chi connectivity index (χ4v) is 0.769. The molecule has 0 fully saturated rings. The molecule has 4 heteroatoms. The molecule has 0 bridgehead atoms. The van der Waals surface area contributed by atoms with Crippen LogP contribution in [0.3, 0.4) is 0 Å². The Balaban J connectivity index is 0.00000121. The minimum Gasteiger partial charge on any atom is -0.550 e. The van der Waals surface area contributed by atoms with Crippen molar-refractivity contribution in [2.24, 2.45) is 0 Å². The van der Waals surface area contributed by atoms with Gasteiger partial charge in [0.15, 0.2) is 0 Å². The Morgan fingerprint density at radius 1 is 1.33 bits per heavy atom. The number of halogens is 1. The van der Waals surface area contributed by atoms with Crippen molar-refractivity contribution in [2.75, 3.05) is 0 Å². The van der Waals surface area contributed by atoms with Gasteiger partial charge in [0, 0.05) is 12.4 Å². The first-order valence-electron chi connectivity index (χ1n) is 3.13. The minimum atomic E-state index is -1.16. The summed E-state index contributed by atoms with van der Waals surface area (Å²) < 4.78 is 12.3. The van der Waals surface area contributed by atoms with E-state index in [4.69, 9.17) is 0 Å². The summed E-state index contributed by atoms with van der Waals surface area (Å²) in [4.78, 5) is 10.0. The van der Waals surface area contributed by atoms with Gasteiger partial charge in [0.1, 0.15) is 5.82 Å². The van der Waals surface area contributed by atoms with Crippen molar-refractivity contribution in [3.63, 3.8) is 0 Å². The van der Waals surface area contributed by atoms with Gasteiger partial charge >= 0.3 is 29.6 Å². The van der Waals surface area contributed by atoms with Crippen LogP contribution in [0, 0.1) is 5.82 Å². The summed E-state index contributed by atoms with van der Waals surface area (Å²) in [5.74, 6) is -1.52. The third-order valence-corrected chi connectivity index (χ3v) is 1.26. The normalized spacial score (nSPS) is 8.75. The number of carboxylic acids is 1. The molecule has 0 N–H and O–H groups in total. The van der Waals surface area contributed by atoms with Crippen molar-refractivity contribution in [3.05, 3.63) is 35.6 Å². The molecule has 0 aliphatic carbocycles. The quantitative estimate of drug-likeness (QED) is 0.454. The maximum absolute atomic E-state index is 12.3. The summed E-state index contributed by atoms with van der Waals surface area (Å²) in [6.07, 6.45) is -0.166. The average Bonchev–Trinajstić information content (AvgIpc) is 1.93. The number of hydrogen-bond acceptors (Lipinski definition) is 2. The summed E-state index contributed by atoms with van der Waals surface area (Å²) in [5, 5.41) is 10.0. The van der Waals surface area contributed by atoms with Crippen LogP contribution in [0.4, 0.5) is 4.39 Å². The topological polar surface area (TPSA) is 40.1 Å². The Labute approximate surface area is 91.7 Å². The predicted octanol–water partition coefficient (Wildman–Crippen LogP) is -2.88. The molecule has 58 valence electrons. The van der Waals surface area contributed by atoms with Crippen molar-refractivity contribution < 1.29 is 43.8 Å². The Morgan fingerprint density at radius 3 is 2.25 bits per heavy atom. The zero-order chi connectivity index (χ0) is 8.27. The van der Waals surface area contributed by atoms with Gasteiger partial charge in [-0.3, -0.25) is 0 Å². The van der Waals surface area contributed by atoms with Crippen LogP contribution in [0.2, 0.25) is 0 Å². The van der Waals surface area contributed by atoms with Crippen molar-refractivity contribution in [3.8, 4) is 0 Å². The molecule has 0 aliphatic heterocycles. The van der Waals surface area contributed by atoms with Gasteiger partial charge in [0.05, 0.1) is 0 Å². The summed E-state index contributed by atoms with van der Waals surface area (Å²) in [6, 6.07) is 5.28. The smallest absolute Gasteiger partial charge is 0.550 e. The molecule has 0 spiro atoms. The zero-order valence-electron chi connectivity index (χ0n) is 6.71. The summed E-state index contributed by atoms with van der Waals surface area (Å²) in [5.41, 5.74) is 0.548. The molecule has 1 aromatic carbocycles. The van der Waals surface area contributed by atoms with E-state index in [1.165, 1.54) is 24.3 Å². The second-order valence-electron chi connectivity index (χ2n) is 2.18. The average molecular weight is 176 g/mol. The molecule has 0 aromatic heterocycles. The van der Waals surface area contributed by atoms with E-state index in [1.54, 1.807) is 0 Å². The zero-order valence-corrected chi connectivity index (χ0v) is 8.71. The number of hydrogen-bond donors (Lipinski definition) is 0. The van der Waals surface area contributed by atoms with Gasteiger partial charge in [-0.05, 0) is 17.7 Å². The standard InChI is InChI=1S/C8H7FO2.Na/c9-7-3-1-6(2-4-7)5-8(10)11;/h1-4H,5H2,(H,10,11);/q;+1/p-1. The molecule has 0 amide bonds. The van der Waals surface area contributed by atoms with Gasteiger partial charge in [-0.15, -0.1) is 0 Å². The van der Waals surface area contributed by atoms with Crippen LogP contribution in [-0.4, -0.2) is 5.97 Å². The van der Waals surface area contributed by atoms with E-state index in [0.29, 0.717) is 5.56 Å². The number of benzene rings is 1. The van der Waals surface area contributed by atoms with Crippen molar-refractivity contribution >= 4 is 5.97 Å². The molecular formula is C8H6FNaO2. The molecule has 0 heterocycles. The number of carboxylic acid groups (broad SMARTS) is 1. The first kappa shape index (κ1) is 11.6. The maximum Gasteiger partial charge on any atom is 1.00 e. The summed E-state index contributed by atoms with van der Waals surface area (Å²) in [6.45, 7) is 0. The van der Waals surface area contributed by atoms with Crippen LogP contribution in [0.5, 0.6) is 0 Å². The molecule has 1 rings (SSSR count). The largest absolute Gasteiger partial charge is 1.00 e. The fourth-order valence-electron chi connectivity index (χ4n) is 0.769. The Morgan fingerprint density at radius 2 is 1.83 bits per heavy atom. The molecule has 0 unspecified atom stereocenters. The summed E-state index contributed by atoms with van der Waals surface area (Å²) in [7, 11) is 0. The third-order valence-electron chi connectivity index (χ3n) is 1.26. The van der Waals surface area contributed by atoms with Crippen LogP contribution in [0.15, 0.2) is 24.3 Å². The van der Waals surface area contributed by atoms with Gasteiger partial charge in [0.2, 0.25) is 0 Å². The van der Waals surface area contributed by atoms with Crippen LogP contribution >= 0.6 is 0 Å². The van der Waals surface area contributed by atoms with Crippen LogP contribution < -0.4 is 34.7 Å². The van der Waals surface area contributed by atoms with E-state index in [9.17, 15) is 14.3 Å². The van der Waals surface area contributed by atoms with Gasteiger partial charge < -0.3 is 9.90 Å². The molecule has 0 radical (unpaired) electrons. The van der Waals surface area contributed by atoms with E-state index >= 15 is 0 Å². The van der Waals surface area contributed by atoms with E-state index in [2.05, 4.69) is 0 Å². The van der Waals surface area contributed by atoms with Crippen molar-refractivity contribution in [2.45, 2.75) is 6.42 Å². The molecule has 0 saturated carbocycles. The minimum absolute atomic E-state index is 0. The second-order valence-corrected chi connectivity index (χ2v) is 2.18. The van der Waals surface area contributed by atoms with Gasteiger partial charge in [-0.1, -0.05) is 12.1 Å². The van der Waals surface area contributed by atoms with E-state index in [0.717, 1.165) is 0 Å². The third kappa shape index (κ3) is 3.85. The van der Waals surface area contributed by atoms with Crippen LogP contribution in [0.1, 0.15) is 5.56 Å².